The van der Waals surface area contributed by atoms with Crippen LogP contribution in [0.25, 0.3) is 0 Å². The molecule has 23 heavy (non-hydrogen) atoms. The van der Waals surface area contributed by atoms with Crippen LogP contribution in [0.5, 0.6) is 11.5 Å². The predicted molar refractivity (Wildman–Crippen MR) is 91.7 cm³/mol. The van der Waals surface area contributed by atoms with Crippen LogP contribution in [-0.4, -0.2) is 56.6 Å². The molecule has 1 saturated heterocycles. The van der Waals surface area contributed by atoms with Crippen molar-refractivity contribution in [2.45, 2.75) is 26.7 Å². The van der Waals surface area contributed by atoms with Crippen LogP contribution in [0.4, 0.5) is 0 Å². The topological polar surface area (TPSA) is 50.8 Å². The largest absolute Gasteiger partial charge is 0.494 e. The minimum Gasteiger partial charge on any atom is -0.494 e. The lowest BCUT2D eigenvalue weighted by atomic mass is 10.1. The molecule has 1 aliphatic heterocycles. The highest BCUT2D eigenvalue weighted by Crippen LogP contribution is 2.25. The maximum Gasteiger partial charge on any atom is 0.180 e. The van der Waals surface area contributed by atoms with Crippen LogP contribution in [0, 0.1) is 0 Å². The molecule has 0 unspecified atom stereocenters. The fourth-order valence-corrected chi connectivity index (χ4v) is 2.53. The van der Waals surface area contributed by atoms with Gasteiger partial charge in [0.15, 0.2) is 5.78 Å². The SMILES string of the molecule is CCCOc1ccc(OCCC)c(C(=O)CN2CCNCC2)c1. The van der Waals surface area contributed by atoms with Crippen molar-refractivity contribution in [3.8, 4) is 11.5 Å². The Bertz CT molecular complexity index is 499. The lowest BCUT2D eigenvalue weighted by Crippen LogP contribution is -2.45. The van der Waals surface area contributed by atoms with Crippen molar-refractivity contribution in [1.29, 1.82) is 0 Å². The zero-order valence-electron chi connectivity index (χ0n) is 14.3. The molecule has 5 heteroatoms. The molecule has 0 bridgehead atoms. The first-order valence-corrected chi connectivity index (χ1v) is 8.60. The quantitative estimate of drug-likeness (QED) is 0.708. The lowest BCUT2D eigenvalue weighted by molar-refractivity contribution is 0.0917. The van der Waals surface area contributed by atoms with Crippen molar-refractivity contribution in [1.82, 2.24) is 10.2 Å². The van der Waals surface area contributed by atoms with E-state index in [0.717, 1.165) is 44.8 Å². The standard InChI is InChI=1S/C18H28N2O3/c1-3-11-22-15-5-6-18(23-12-4-2)16(13-15)17(21)14-20-9-7-19-8-10-20/h5-6,13,19H,3-4,7-12,14H2,1-2H3. The van der Waals surface area contributed by atoms with Crippen molar-refractivity contribution < 1.29 is 14.3 Å². The number of hydrogen-bond donors (Lipinski definition) is 1. The Labute approximate surface area is 139 Å². The van der Waals surface area contributed by atoms with Gasteiger partial charge >= 0.3 is 0 Å². The summed E-state index contributed by atoms with van der Waals surface area (Å²) in [5.41, 5.74) is 0.630. The van der Waals surface area contributed by atoms with Gasteiger partial charge in [-0.25, -0.2) is 0 Å². The Balaban J connectivity index is 2.11. The van der Waals surface area contributed by atoms with E-state index in [-0.39, 0.29) is 5.78 Å². The third kappa shape index (κ3) is 5.52. The van der Waals surface area contributed by atoms with Gasteiger partial charge in [0.1, 0.15) is 11.5 Å². The van der Waals surface area contributed by atoms with E-state index in [4.69, 9.17) is 9.47 Å². The number of Topliss-reactive ketones (excluding diaryl/α,β-unsaturated/α-hetero) is 1. The van der Waals surface area contributed by atoms with Gasteiger partial charge in [-0.05, 0) is 31.0 Å². The molecule has 0 saturated carbocycles. The molecule has 0 aromatic heterocycles. The number of nitrogens with zero attached hydrogens (tertiary/aromatic N) is 1. The number of carbonyl (C=O) groups excluding carboxylic acids is 1. The monoisotopic (exact) mass is 320 g/mol. The number of hydrogen-bond acceptors (Lipinski definition) is 5. The second kappa shape index (κ2) is 9.53. The molecule has 0 atom stereocenters. The Kier molecular flexibility index (Phi) is 7.36. The van der Waals surface area contributed by atoms with Gasteiger partial charge in [-0.1, -0.05) is 13.8 Å². The molecule has 0 radical (unpaired) electrons. The van der Waals surface area contributed by atoms with E-state index in [1.165, 1.54) is 0 Å². The van der Waals surface area contributed by atoms with Crippen LogP contribution in [0.3, 0.4) is 0 Å². The van der Waals surface area contributed by atoms with Crippen LogP contribution in [0.2, 0.25) is 0 Å². The van der Waals surface area contributed by atoms with Gasteiger partial charge in [-0.15, -0.1) is 0 Å². The highest BCUT2D eigenvalue weighted by Gasteiger charge is 2.19. The Morgan fingerprint density at radius 1 is 1.13 bits per heavy atom. The fourth-order valence-electron chi connectivity index (χ4n) is 2.53. The number of ether oxygens (including phenoxy) is 2. The lowest BCUT2D eigenvalue weighted by Gasteiger charge is -2.26. The minimum absolute atomic E-state index is 0.0972. The smallest absolute Gasteiger partial charge is 0.180 e. The van der Waals surface area contributed by atoms with Gasteiger partial charge in [0, 0.05) is 26.2 Å². The third-order valence-electron chi connectivity index (χ3n) is 3.76. The summed E-state index contributed by atoms with van der Waals surface area (Å²) in [6.07, 6.45) is 1.86. The molecule has 1 heterocycles. The van der Waals surface area contributed by atoms with Gasteiger partial charge in [-0.3, -0.25) is 9.69 Å². The molecule has 128 valence electrons. The van der Waals surface area contributed by atoms with Gasteiger partial charge in [-0.2, -0.15) is 0 Å². The van der Waals surface area contributed by atoms with Gasteiger partial charge in [0.05, 0.1) is 25.3 Å². The Morgan fingerprint density at radius 3 is 2.52 bits per heavy atom. The molecule has 5 nitrogen and oxygen atoms in total. The molecular weight excluding hydrogens is 292 g/mol. The highest BCUT2D eigenvalue weighted by molar-refractivity contribution is 6.00. The summed E-state index contributed by atoms with van der Waals surface area (Å²) in [6.45, 7) is 9.51. The zero-order valence-corrected chi connectivity index (χ0v) is 14.3. The van der Waals surface area contributed by atoms with E-state index < -0.39 is 0 Å². The first kappa shape index (κ1) is 17.8. The van der Waals surface area contributed by atoms with Crippen molar-refractivity contribution in [2.75, 3.05) is 45.9 Å². The van der Waals surface area contributed by atoms with E-state index >= 15 is 0 Å². The fraction of sp³-hybridized carbons (Fsp3) is 0.611. The summed E-state index contributed by atoms with van der Waals surface area (Å²) in [7, 11) is 0. The van der Waals surface area contributed by atoms with Crippen LogP contribution in [0.1, 0.15) is 37.0 Å². The normalized spacial score (nSPS) is 15.4. The van der Waals surface area contributed by atoms with Crippen LogP contribution < -0.4 is 14.8 Å². The van der Waals surface area contributed by atoms with Gasteiger partial charge in [0.25, 0.3) is 0 Å². The van der Waals surface area contributed by atoms with Gasteiger partial charge < -0.3 is 14.8 Å². The maximum absolute atomic E-state index is 12.7. The number of piperazine rings is 1. The molecule has 0 amide bonds. The number of ketones is 1. The molecular formula is C18H28N2O3. The molecule has 1 N–H and O–H groups in total. The Hall–Kier alpha value is -1.59. The summed E-state index contributed by atoms with van der Waals surface area (Å²) in [6, 6.07) is 5.55. The van der Waals surface area contributed by atoms with Crippen molar-refractivity contribution in [3.05, 3.63) is 23.8 Å². The average molecular weight is 320 g/mol. The average Bonchev–Trinajstić information content (AvgIpc) is 2.59. The maximum atomic E-state index is 12.7. The second-order valence-corrected chi connectivity index (χ2v) is 5.80. The number of rotatable bonds is 9. The van der Waals surface area contributed by atoms with E-state index in [1.807, 2.05) is 18.2 Å². The first-order chi connectivity index (χ1) is 11.2. The van der Waals surface area contributed by atoms with Crippen LogP contribution in [-0.2, 0) is 0 Å². The van der Waals surface area contributed by atoms with Crippen molar-refractivity contribution in [3.63, 3.8) is 0 Å². The van der Waals surface area contributed by atoms with E-state index in [0.29, 0.717) is 31.1 Å². The summed E-state index contributed by atoms with van der Waals surface area (Å²) < 4.78 is 11.4. The van der Waals surface area contributed by atoms with E-state index in [1.54, 1.807) is 0 Å². The molecule has 2 rings (SSSR count). The predicted octanol–water partition coefficient (Wildman–Crippen LogP) is 2.35. The number of benzene rings is 1. The minimum atomic E-state index is 0.0972. The zero-order chi connectivity index (χ0) is 16.5. The molecule has 1 aromatic carbocycles. The van der Waals surface area contributed by atoms with E-state index in [9.17, 15) is 4.79 Å². The van der Waals surface area contributed by atoms with Gasteiger partial charge in [0.2, 0.25) is 0 Å². The molecule has 0 spiro atoms. The first-order valence-electron chi connectivity index (χ1n) is 8.60. The summed E-state index contributed by atoms with van der Waals surface area (Å²) in [4.78, 5) is 14.9. The van der Waals surface area contributed by atoms with Crippen LogP contribution in [0.15, 0.2) is 18.2 Å². The highest BCUT2D eigenvalue weighted by atomic mass is 16.5. The molecule has 0 aliphatic carbocycles. The summed E-state index contributed by atoms with van der Waals surface area (Å²) >= 11 is 0. The van der Waals surface area contributed by atoms with E-state index in [2.05, 4.69) is 24.1 Å². The van der Waals surface area contributed by atoms with Crippen molar-refractivity contribution >= 4 is 5.78 Å². The van der Waals surface area contributed by atoms with Crippen LogP contribution >= 0.6 is 0 Å². The molecule has 1 aliphatic rings. The third-order valence-corrected chi connectivity index (χ3v) is 3.76. The Morgan fingerprint density at radius 2 is 1.83 bits per heavy atom. The summed E-state index contributed by atoms with van der Waals surface area (Å²) in [5, 5.41) is 3.30. The number of carbonyl (C=O) groups is 1. The van der Waals surface area contributed by atoms with Crippen molar-refractivity contribution in [2.24, 2.45) is 0 Å². The number of nitrogens with one attached hydrogen (secondary N) is 1. The molecule has 1 fully saturated rings. The second-order valence-electron chi connectivity index (χ2n) is 5.80. The summed E-state index contributed by atoms with van der Waals surface area (Å²) in [5.74, 6) is 1.50. The molecule has 1 aromatic rings.